The van der Waals surface area contributed by atoms with Gasteiger partial charge in [-0.15, -0.1) is 0 Å². The summed E-state index contributed by atoms with van der Waals surface area (Å²) in [6.07, 6.45) is 0.240. The van der Waals surface area contributed by atoms with Crippen molar-refractivity contribution in [1.82, 2.24) is 0 Å². The normalized spacial score (nSPS) is 20.6. The van der Waals surface area contributed by atoms with Crippen molar-refractivity contribution < 1.29 is 27.5 Å². The Hall–Kier alpha value is -1.96. The molecule has 20 heavy (non-hydrogen) atoms. The molecule has 1 aromatic rings. The Morgan fingerprint density at radius 2 is 2.05 bits per heavy atom. The molecule has 6 nitrogen and oxygen atoms in total. The minimum absolute atomic E-state index is 0.0304. The Labute approximate surface area is 114 Å². The maximum atomic E-state index is 13.4. The summed E-state index contributed by atoms with van der Waals surface area (Å²) in [5.41, 5.74) is -0.395. The fourth-order valence-electron chi connectivity index (χ4n) is 2.01. The third kappa shape index (κ3) is 3.13. The van der Waals surface area contributed by atoms with E-state index in [2.05, 4.69) is 5.32 Å². The van der Waals surface area contributed by atoms with E-state index in [-0.39, 0.29) is 23.6 Å². The van der Waals surface area contributed by atoms with Crippen LogP contribution in [-0.2, 0) is 14.6 Å². The average Bonchev–Trinajstić information content (AvgIpc) is 2.69. The second-order valence-corrected chi connectivity index (χ2v) is 6.82. The molecule has 1 heterocycles. The fraction of sp³-hybridized carbons (Fsp3) is 0.333. The molecular formula is C12H12FNO5S. The number of anilines is 1. The van der Waals surface area contributed by atoms with Gasteiger partial charge in [-0.25, -0.2) is 17.6 Å². The first-order valence-electron chi connectivity index (χ1n) is 5.82. The number of aromatic carboxylic acids is 1. The Kier molecular flexibility index (Phi) is 3.76. The van der Waals surface area contributed by atoms with Crippen LogP contribution in [0.3, 0.4) is 0 Å². The number of hydrogen-bond donors (Lipinski definition) is 2. The molecule has 108 valence electrons. The van der Waals surface area contributed by atoms with Gasteiger partial charge >= 0.3 is 5.97 Å². The number of carbonyl (C=O) groups is 2. The molecule has 1 aliphatic rings. The number of benzene rings is 1. The maximum Gasteiger partial charge on any atom is 0.338 e. The average molecular weight is 301 g/mol. The van der Waals surface area contributed by atoms with Gasteiger partial charge in [0.2, 0.25) is 5.91 Å². The van der Waals surface area contributed by atoms with Crippen LogP contribution in [0, 0.1) is 11.7 Å². The van der Waals surface area contributed by atoms with E-state index < -0.39 is 39.0 Å². The molecule has 1 saturated heterocycles. The highest BCUT2D eigenvalue weighted by Crippen LogP contribution is 2.21. The Balaban J connectivity index is 2.09. The summed E-state index contributed by atoms with van der Waals surface area (Å²) >= 11 is 0. The van der Waals surface area contributed by atoms with E-state index >= 15 is 0 Å². The minimum Gasteiger partial charge on any atom is -0.478 e. The molecule has 2 N–H and O–H groups in total. The zero-order chi connectivity index (χ0) is 14.9. The number of carboxylic acid groups (broad SMARTS) is 1. The Bertz CT molecular complexity index is 670. The molecule has 0 spiro atoms. The van der Waals surface area contributed by atoms with Crippen LogP contribution in [0.4, 0.5) is 10.1 Å². The summed E-state index contributed by atoms with van der Waals surface area (Å²) < 4.78 is 36.0. The van der Waals surface area contributed by atoms with Gasteiger partial charge in [0.15, 0.2) is 9.84 Å². The summed E-state index contributed by atoms with van der Waals surface area (Å²) in [6, 6.07) is 3.19. The van der Waals surface area contributed by atoms with Gasteiger partial charge in [0.25, 0.3) is 0 Å². The van der Waals surface area contributed by atoms with Crippen molar-refractivity contribution in [2.75, 3.05) is 16.8 Å². The molecule has 0 aromatic heterocycles. The molecule has 8 heteroatoms. The largest absolute Gasteiger partial charge is 0.478 e. The molecule has 1 amide bonds. The predicted molar refractivity (Wildman–Crippen MR) is 68.7 cm³/mol. The van der Waals surface area contributed by atoms with Crippen molar-refractivity contribution in [1.29, 1.82) is 0 Å². The third-order valence-electron chi connectivity index (χ3n) is 3.07. The monoisotopic (exact) mass is 301 g/mol. The lowest BCUT2D eigenvalue weighted by Crippen LogP contribution is -2.23. The predicted octanol–water partition coefficient (Wildman–Crippen LogP) is 0.897. The van der Waals surface area contributed by atoms with Crippen LogP contribution in [-0.4, -0.2) is 36.9 Å². The highest BCUT2D eigenvalue weighted by Gasteiger charge is 2.33. The highest BCUT2D eigenvalue weighted by molar-refractivity contribution is 7.91. The van der Waals surface area contributed by atoms with Crippen molar-refractivity contribution >= 4 is 27.4 Å². The van der Waals surface area contributed by atoms with E-state index in [0.717, 1.165) is 12.1 Å². The molecular weight excluding hydrogens is 289 g/mol. The van der Waals surface area contributed by atoms with Gasteiger partial charge in [-0.05, 0) is 24.6 Å². The molecule has 0 bridgehead atoms. The van der Waals surface area contributed by atoms with Gasteiger partial charge in [0.05, 0.1) is 23.0 Å². The number of nitrogens with one attached hydrogen (secondary N) is 1. The van der Waals surface area contributed by atoms with Crippen LogP contribution in [0.2, 0.25) is 0 Å². The molecule has 1 fully saturated rings. The van der Waals surface area contributed by atoms with Gasteiger partial charge < -0.3 is 10.4 Å². The van der Waals surface area contributed by atoms with E-state index in [1.54, 1.807) is 0 Å². The quantitative estimate of drug-likeness (QED) is 0.863. The molecule has 1 aromatic carbocycles. The molecule has 0 saturated carbocycles. The van der Waals surface area contributed by atoms with Crippen LogP contribution in [0.25, 0.3) is 0 Å². The standard InChI is InChI=1S/C12H12FNO5S/c13-10-5-8(1-2-9(10)12(16)17)14-11(15)7-3-4-20(18,19)6-7/h1-2,5,7H,3-4,6H2,(H,14,15)(H,16,17). The first kappa shape index (κ1) is 14.4. The Morgan fingerprint density at radius 1 is 1.35 bits per heavy atom. The van der Waals surface area contributed by atoms with Crippen molar-refractivity contribution in [2.45, 2.75) is 6.42 Å². The number of sulfone groups is 1. The van der Waals surface area contributed by atoms with Gasteiger partial charge in [0, 0.05) is 5.69 Å². The Morgan fingerprint density at radius 3 is 2.55 bits per heavy atom. The van der Waals surface area contributed by atoms with Crippen LogP contribution in [0.5, 0.6) is 0 Å². The first-order valence-corrected chi connectivity index (χ1v) is 7.65. The van der Waals surface area contributed by atoms with Crippen molar-refractivity contribution in [2.24, 2.45) is 5.92 Å². The van der Waals surface area contributed by atoms with Gasteiger partial charge in [-0.2, -0.15) is 0 Å². The van der Waals surface area contributed by atoms with Crippen LogP contribution in [0.15, 0.2) is 18.2 Å². The third-order valence-corrected chi connectivity index (χ3v) is 4.84. The zero-order valence-electron chi connectivity index (χ0n) is 10.3. The number of carboxylic acids is 1. The topological polar surface area (TPSA) is 101 Å². The number of amides is 1. The molecule has 1 unspecified atom stereocenters. The van der Waals surface area contributed by atoms with E-state index in [4.69, 9.17) is 5.11 Å². The summed E-state index contributed by atoms with van der Waals surface area (Å²) in [5.74, 6) is -3.77. The van der Waals surface area contributed by atoms with Crippen LogP contribution >= 0.6 is 0 Å². The number of hydrogen-bond acceptors (Lipinski definition) is 4. The lowest BCUT2D eigenvalue weighted by Gasteiger charge is -2.10. The summed E-state index contributed by atoms with van der Waals surface area (Å²) in [7, 11) is -3.17. The SMILES string of the molecule is O=C(O)c1ccc(NC(=O)C2CCS(=O)(=O)C2)cc1F. The highest BCUT2D eigenvalue weighted by atomic mass is 32.2. The van der Waals surface area contributed by atoms with E-state index in [1.807, 2.05) is 0 Å². The molecule has 0 radical (unpaired) electrons. The molecule has 2 rings (SSSR count). The minimum atomic E-state index is -3.17. The van der Waals surface area contributed by atoms with E-state index in [0.29, 0.717) is 0 Å². The van der Waals surface area contributed by atoms with Crippen molar-refractivity contribution in [3.8, 4) is 0 Å². The molecule has 1 aliphatic heterocycles. The number of rotatable bonds is 3. The summed E-state index contributed by atoms with van der Waals surface area (Å²) in [4.78, 5) is 22.5. The maximum absolute atomic E-state index is 13.4. The molecule has 0 aliphatic carbocycles. The second-order valence-electron chi connectivity index (χ2n) is 4.59. The number of halogens is 1. The van der Waals surface area contributed by atoms with Crippen molar-refractivity contribution in [3.05, 3.63) is 29.6 Å². The van der Waals surface area contributed by atoms with Crippen molar-refractivity contribution in [3.63, 3.8) is 0 Å². The van der Waals surface area contributed by atoms with Crippen LogP contribution < -0.4 is 5.32 Å². The zero-order valence-corrected chi connectivity index (χ0v) is 11.1. The van der Waals surface area contributed by atoms with Gasteiger partial charge in [-0.3, -0.25) is 4.79 Å². The van der Waals surface area contributed by atoms with Gasteiger partial charge in [0.1, 0.15) is 5.82 Å². The van der Waals surface area contributed by atoms with Gasteiger partial charge in [-0.1, -0.05) is 0 Å². The fourth-order valence-corrected chi connectivity index (χ4v) is 3.75. The smallest absolute Gasteiger partial charge is 0.338 e. The lowest BCUT2D eigenvalue weighted by atomic mass is 10.1. The first-order chi connectivity index (χ1) is 9.28. The molecule has 1 atom stereocenters. The van der Waals surface area contributed by atoms with Crippen LogP contribution in [0.1, 0.15) is 16.8 Å². The summed E-state index contributed by atoms with van der Waals surface area (Å²) in [6.45, 7) is 0. The number of carbonyl (C=O) groups excluding carboxylic acids is 1. The summed E-state index contributed by atoms with van der Waals surface area (Å²) in [5, 5.41) is 11.1. The van der Waals surface area contributed by atoms with E-state index in [9.17, 15) is 22.4 Å². The lowest BCUT2D eigenvalue weighted by molar-refractivity contribution is -0.119. The second kappa shape index (κ2) is 5.20. The van der Waals surface area contributed by atoms with E-state index in [1.165, 1.54) is 6.07 Å².